The van der Waals surface area contributed by atoms with Gasteiger partial charge in [0.1, 0.15) is 11.4 Å². The van der Waals surface area contributed by atoms with Gasteiger partial charge in [0.2, 0.25) is 0 Å². The minimum absolute atomic E-state index is 0.0767. The van der Waals surface area contributed by atoms with Gasteiger partial charge in [0, 0.05) is 31.4 Å². The van der Waals surface area contributed by atoms with Crippen LogP contribution in [0.4, 0.5) is 0 Å². The molecule has 2 N–H and O–H groups in total. The second kappa shape index (κ2) is 6.83. The Hall–Kier alpha value is -0.710. The van der Waals surface area contributed by atoms with Gasteiger partial charge in [-0.15, -0.1) is 0 Å². The van der Waals surface area contributed by atoms with Crippen LogP contribution in [0.5, 0.6) is 5.75 Å². The summed E-state index contributed by atoms with van der Waals surface area (Å²) >= 11 is 1.81. The van der Waals surface area contributed by atoms with Crippen LogP contribution < -0.4 is 10.1 Å². The Morgan fingerprint density at radius 2 is 2.25 bits per heavy atom. The quantitative estimate of drug-likeness (QED) is 0.811. The van der Waals surface area contributed by atoms with Crippen LogP contribution in [0.25, 0.3) is 0 Å². The Labute approximate surface area is 126 Å². The normalized spacial score (nSPS) is 17.6. The van der Waals surface area contributed by atoms with Crippen LogP contribution in [0, 0.1) is 0 Å². The zero-order chi connectivity index (χ0) is 14.6. The molecule has 1 heterocycles. The summed E-state index contributed by atoms with van der Waals surface area (Å²) in [5, 5.41) is 12.6. The lowest BCUT2D eigenvalue weighted by Gasteiger charge is -2.17. The molecule has 1 atom stereocenters. The van der Waals surface area contributed by atoms with E-state index in [9.17, 15) is 0 Å². The Kier molecular flexibility index (Phi) is 5.35. The summed E-state index contributed by atoms with van der Waals surface area (Å²) in [6.07, 6.45) is 3.88. The lowest BCUT2D eigenvalue weighted by atomic mass is 10.00. The minimum atomic E-state index is -0.0767. The lowest BCUT2D eigenvalue weighted by Crippen LogP contribution is -2.31. The second-order valence-corrected chi connectivity index (χ2v) is 6.94. The zero-order valence-electron chi connectivity index (χ0n) is 12.6. The summed E-state index contributed by atoms with van der Waals surface area (Å²) in [5.41, 5.74) is 2.51. The van der Waals surface area contributed by atoms with E-state index in [1.54, 1.807) is 0 Å². The number of hydrogen-bond donors (Lipinski definition) is 2. The molecule has 0 bridgehead atoms. The molecule has 0 aromatic heterocycles. The molecule has 0 amide bonds. The number of nitrogens with one attached hydrogen (secondary N) is 1. The number of aliphatic hydroxyl groups is 1. The van der Waals surface area contributed by atoms with Crippen molar-refractivity contribution >= 4 is 11.8 Å². The molecule has 1 aliphatic rings. The molecule has 3 nitrogen and oxygen atoms in total. The first-order chi connectivity index (χ1) is 9.54. The molecule has 0 radical (unpaired) electrons. The van der Waals surface area contributed by atoms with Crippen molar-refractivity contribution in [2.75, 3.05) is 18.6 Å². The third-order valence-corrected chi connectivity index (χ3v) is 4.30. The monoisotopic (exact) mass is 295 g/mol. The SMILES string of the molecule is CSCC(CCO)NCc1ccc2c(c1)CC(C)(C)O2. The molecule has 1 unspecified atom stereocenters. The number of ether oxygens (including phenoxy) is 1. The molecule has 0 saturated carbocycles. The summed E-state index contributed by atoms with van der Waals surface area (Å²) < 4.78 is 5.90. The van der Waals surface area contributed by atoms with E-state index in [0.717, 1.165) is 30.9 Å². The molecule has 2 rings (SSSR count). The highest BCUT2D eigenvalue weighted by Gasteiger charge is 2.29. The molecule has 1 aromatic rings. The first-order valence-electron chi connectivity index (χ1n) is 7.18. The molecule has 112 valence electrons. The Balaban J connectivity index is 1.94. The molecule has 0 saturated heterocycles. The van der Waals surface area contributed by atoms with Crippen LogP contribution in [-0.2, 0) is 13.0 Å². The third kappa shape index (κ3) is 4.14. The van der Waals surface area contributed by atoms with Crippen molar-refractivity contribution < 1.29 is 9.84 Å². The lowest BCUT2D eigenvalue weighted by molar-refractivity contribution is 0.138. The number of thioether (sulfide) groups is 1. The third-order valence-electron chi connectivity index (χ3n) is 3.57. The van der Waals surface area contributed by atoms with E-state index in [2.05, 4.69) is 43.6 Å². The van der Waals surface area contributed by atoms with Gasteiger partial charge in [0.25, 0.3) is 0 Å². The fraction of sp³-hybridized carbons (Fsp3) is 0.625. The molecule has 0 spiro atoms. The van der Waals surface area contributed by atoms with Crippen LogP contribution >= 0.6 is 11.8 Å². The van der Waals surface area contributed by atoms with Crippen molar-refractivity contribution in [3.8, 4) is 5.75 Å². The van der Waals surface area contributed by atoms with E-state index < -0.39 is 0 Å². The fourth-order valence-corrected chi connectivity index (χ4v) is 3.32. The predicted octanol–water partition coefficient (Wildman–Crippen LogP) is 2.60. The number of hydrogen-bond acceptors (Lipinski definition) is 4. The van der Waals surface area contributed by atoms with Crippen molar-refractivity contribution in [2.24, 2.45) is 0 Å². The molecular weight excluding hydrogens is 270 g/mol. The van der Waals surface area contributed by atoms with Gasteiger partial charge in [0.15, 0.2) is 0 Å². The number of rotatable bonds is 7. The highest BCUT2D eigenvalue weighted by Crippen LogP contribution is 2.35. The second-order valence-electron chi connectivity index (χ2n) is 6.03. The van der Waals surface area contributed by atoms with Gasteiger partial charge < -0.3 is 15.2 Å². The molecule has 4 heteroatoms. The minimum Gasteiger partial charge on any atom is -0.487 e. The predicted molar refractivity (Wildman–Crippen MR) is 85.6 cm³/mol. The maximum atomic E-state index is 9.08. The van der Waals surface area contributed by atoms with Crippen molar-refractivity contribution in [1.29, 1.82) is 0 Å². The van der Waals surface area contributed by atoms with Gasteiger partial charge in [-0.3, -0.25) is 0 Å². The Bertz CT molecular complexity index is 442. The molecule has 20 heavy (non-hydrogen) atoms. The van der Waals surface area contributed by atoms with Crippen LogP contribution in [0.2, 0.25) is 0 Å². The van der Waals surface area contributed by atoms with Crippen molar-refractivity contribution in [2.45, 2.75) is 44.9 Å². The van der Waals surface area contributed by atoms with Crippen LogP contribution in [0.1, 0.15) is 31.4 Å². The molecule has 0 fully saturated rings. The summed E-state index contributed by atoms with van der Waals surface area (Å²) in [6.45, 7) is 5.34. The van der Waals surface area contributed by atoms with Gasteiger partial charge >= 0.3 is 0 Å². The van der Waals surface area contributed by atoms with E-state index in [1.165, 1.54) is 11.1 Å². The van der Waals surface area contributed by atoms with E-state index >= 15 is 0 Å². The number of benzene rings is 1. The standard InChI is InChI=1S/C16H25NO2S/c1-16(2)9-13-8-12(4-5-15(13)19-16)10-17-14(6-7-18)11-20-3/h4-5,8,14,17-18H,6-7,9-11H2,1-3H3. The summed E-state index contributed by atoms with van der Waals surface area (Å²) in [7, 11) is 0. The van der Waals surface area contributed by atoms with Crippen molar-refractivity contribution in [3.05, 3.63) is 29.3 Å². The topological polar surface area (TPSA) is 41.5 Å². The highest BCUT2D eigenvalue weighted by molar-refractivity contribution is 7.98. The van der Waals surface area contributed by atoms with Gasteiger partial charge in [0.05, 0.1) is 0 Å². The molecular formula is C16H25NO2S. The fourth-order valence-electron chi connectivity index (χ4n) is 2.64. The first-order valence-corrected chi connectivity index (χ1v) is 8.57. The van der Waals surface area contributed by atoms with Gasteiger partial charge in [-0.2, -0.15) is 11.8 Å². The Morgan fingerprint density at radius 3 is 2.95 bits per heavy atom. The average Bonchev–Trinajstić information content (AvgIpc) is 2.69. The maximum Gasteiger partial charge on any atom is 0.123 e. The van der Waals surface area contributed by atoms with Gasteiger partial charge in [-0.05, 0) is 43.7 Å². The van der Waals surface area contributed by atoms with E-state index in [4.69, 9.17) is 9.84 Å². The average molecular weight is 295 g/mol. The van der Waals surface area contributed by atoms with Crippen LogP contribution in [-0.4, -0.2) is 35.4 Å². The number of fused-ring (bicyclic) bond motifs is 1. The van der Waals surface area contributed by atoms with E-state index in [1.807, 2.05) is 11.8 Å². The highest BCUT2D eigenvalue weighted by atomic mass is 32.2. The smallest absolute Gasteiger partial charge is 0.123 e. The molecule has 1 aromatic carbocycles. The van der Waals surface area contributed by atoms with Gasteiger partial charge in [-0.1, -0.05) is 12.1 Å². The van der Waals surface area contributed by atoms with Crippen molar-refractivity contribution in [3.63, 3.8) is 0 Å². The first kappa shape index (κ1) is 15.7. The van der Waals surface area contributed by atoms with E-state index in [0.29, 0.717) is 6.04 Å². The molecule has 0 aliphatic carbocycles. The van der Waals surface area contributed by atoms with Crippen LogP contribution in [0.3, 0.4) is 0 Å². The zero-order valence-corrected chi connectivity index (χ0v) is 13.4. The Morgan fingerprint density at radius 1 is 1.45 bits per heavy atom. The summed E-state index contributed by atoms with van der Waals surface area (Å²) in [5.74, 6) is 2.05. The van der Waals surface area contributed by atoms with Crippen LogP contribution in [0.15, 0.2) is 18.2 Å². The number of aliphatic hydroxyl groups excluding tert-OH is 1. The van der Waals surface area contributed by atoms with E-state index in [-0.39, 0.29) is 12.2 Å². The molecule has 1 aliphatic heterocycles. The van der Waals surface area contributed by atoms with Gasteiger partial charge in [-0.25, -0.2) is 0 Å². The largest absolute Gasteiger partial charge is 0.487 e. The summed E-state index contributed by atoms with van der Waals surface area (Å²) in [6, 6.07) is 6.82. The summed E-state index contributed by atoms with van der Waals surface area (Å²) in [4.78, 5) is 0. The maximum absolute atomic E-state index is 9.08. The van der Waals surface area contributed by atoms with Crippen molar-refractivity contribution in [1.82, 2.24) is 5.32 Å².